The molecule has 1 aliphatic carbocycles. The Hall–Kier alpha value is -0.660. The number of nitrogens with zero attached hydrogens (tertiary/aromatic N) is 1. The number of sulfonamides is 1. The molecule has 1 aromatic rings. The Morgan fingerprint density at radius 1 is 1.45 bits per heavy atom. The van der Waals surface area contributed by atoms with Crippen molar-refractivity contribution in [3.63, 3.8) is 0 Å². The number of pyridine rings is 1. The highest BCUT2D eigenvalue weighted by atomic mass is 79.9. The molecule has 112 valence electrons. The predicted octanol–water partition coefficient (Wildman–Crippen LogP) is 2.74. The summed E-state index contributed by atoms with van der Waals surface area (Å²) in [6, 6.07) is 1.67. The molecule has 2 atom stereocenters. The van der Waals surface area contributed by atoms with E-state index >= 15 is 0 Å². The minimum absolute atomic E-state index is 0.0772. The first-order valence-electron chi connectivity index (χ1n) is 6.89. The molecule has 1 saturated carbocycles. The monoisotopic (exact) mass is 361 g/mol. The van der Waals surface area contributed by atoms with E-state index in [1.54, 1.807) is 12.3 Å². The molecule has 2 rings (SSSR count). The van der Waals surface area contributed by atoms with E-state index in [4.69, 9.17) is 0 Å². The molecule has 1 heterocycles. The van der Waals surface area contributed by atoms with Crippen LogP contribution in [0.15, 0.2) is 21.6 Å². The Morgan fingerprint density at radius 3 is 2.85 bits per heavy atom. The summed E-state index contributed by atoms with van der Waals surface area (Å²) >= 11 is 3.28. The first-order chi connectivity index (χ1) is 9.47. The van der Waals surface area contributed by atoms with E-state index in [1.807, 2.05) is 6.92 Å². The number of hydrogen-bond donors (Lipinski definition) is 2. The Balaban J connectivity index is 2.19. The van der Waals surface area contributed by atoms with Gasteiger partial charge in [0.05, 0.1) is 0 Å². The van der Waals surface area contributed by atoms with Gasteiger partial charge in [-0.25, -0.2) is 18.1 Å². The summed E-state index contributed by atoms with van der Waals surface area (Å²) in [4.78, 5) is 4.34. The highest BCUT2D eigenvalue weighted by Gasteiger charge is 2.39. The molecule has 7 heteroatoms. The van der Waals surface area contributed by atoms with Crippen molar-refractivity contribution in [2.75, 3.05) is 11.9 Å². The molecule has 2 N–H and O–H groups in total. The number of hydrogen-bond acceptors (Lipinski definition) is 4. The highest BCUT2D eigenvalue weighted by Crippen LogP contribution is 2.36. The molecule has 2 unspecified atom stereocenters. The lowest BCUT2D eigenvalue weighted by molar-refractivity contribution is 0.573. The third-order valence-electron chi connectivity index (χ3n) is 3.34. The summed E-state index contributed by atoms with van der Waals surface area (Å²) in [6.45, 7) is 4.65. The fourth-order valence-electron chi connectivity index (χ4n) is 2.27. The van der Waals surface area contributed by atoms with Gasteiger partial charge in [0.25, 0.3) is 0 Å². The number of rotatable bonds is 7. The molecule has 5 nitrogen and oxygen atoms in total. The lowest BCUT2D eigenvalue weighted by atomic mass is 10.2. The van der Waals surface area contributed by atoms with Crippen molar-refractivity contribution in [1.29, 1.82) is 0 Å². The number of nitrogens with one attached hydrogen (secondary N) is 2. The van der Waals surface area contributed by atoms with E-state index in [9.17, 15) is 8.42 Å². The Kier molecular flexibility index (Phi) is 5.04. The summed E-state index contributed by atoms with van der Waals surface area (Å²) in [5.74, 6) is 0.883. The smallest absolute Gasteiger partial charge is 0.244 e. The van der Waals surface area contributed by atoms with Crippen molar-refractivity contribution in [1.82, 2.24) is 9.71 Å². The first-order valence-corrected chi connectivity index (χ1v) is 9.17. The van der Waals surface area contributed by atoms with Crippen LogP contribution in [0.4, 0.5) is 5.82 Å². The van der Waals surface area contributed by atoms with Gasteiger partial charge in [-0.05, 0) is 47.7 Å². The van der Waals surface area contributed by atoms with Gasteiger partial charge in [0.1, 0.15) is 10.7 Å². The van der Waals surface area contributed by atoms with Gasteiger partial charge in [-0.15, -0.1) is 0 Å². The first kappa shape index (κ1) is 15.7. The molecule has 1 fully saturated rings. The van der Waals surface area contributed by atoms with E-state index < -0.39 is 10.0 Å². The van der Waals surface area contributed by atoms with Crippen molar-refractivity contribution in [3.05, 3.63) is 16.7 Å². The van der Waals surface area contributed by atoms with Gasteiger partial charge in [0.2, 0.25) is 10.0 Å². The zero-order chi connectivity index (χ0) is 14.8. The fraction of sp³-hybridized carbons (Fsp3) is 0.615. The number of halogens is 1. The van der Waals surface area contributed by atoms with E-state index in [0.717, 1.165) is 19.3 Å². The molecule has 0 radical (unpaired) electrons. The van der Waals surface area contributed by atoms with Crippen LogP contribution in [0.1, 0.15) is 33.1 Å². The van der Waals surface area contributed by atoms with Gasteiger partial charge in [-0.1, -0.05) is 13.3 Å². The fourth-order valence-corrected chi connectivity index (χ4v) is 4.23. The topological polar surface area (TPSA) is 71.1 Å². The van der Waals surface area contributed by atoms with Gasteiger partial charge < -0.3 is 5.32 Å². The third kappa shape index (κ3) is 3.71. The summed E-state index contributed by atoms with van der Waals surface area (Å²) in [6.07, 6.45) is 4.69. The van der Waals surface area contributed by atoms with Crippen LogP contribution in [0.5, 0.6) is 0 Å². The standard InChI is InChI=1S/C13H20BrN3O2S/c1-3-5-9-6-11(9)17-20(18,19)12-7-10(14)8-16-13(12)15-4-2/h7-9,11,17H,3-6H2,1-2H3,(H,15,16). The van der Waals surface area contributed by atoms with Gasteiger partial charge in [-0.2, -0.15) is 0 Å². The Bertz CT molecular complexity index is 577. The molecular weight excluding hydrogens is 342 g/mol. The second kappa shape index (κ2) is 6.41. The lowest BCUT2D eigenvalue weighted by Crippen LogP contribution is -2.28. The van der Waals surface area contributed by atoms with E-state index in [2.05, 4.69) is 37.9 Å². The van der Waals surface area contributed by atoms with Gasteiger partial charge in [0, 0.05) is 23.3 Å². The van der Waals surface area contributed by atoms with Crippen LogP contribution in [-0.2, 0) is 10.0 Å². The molecular formula is C13H20BrN3O2S. The van der Waals surface area contributed by atoms with Crippen molar-refractivity contribution in [2.45, 2.75) is 44.0 Å². The van der Waals surface area contributed by atoms with E-state index in [0.29, 0.717) is 22.8 Å². The van der Waals surface area contributed by atoms with Crippen molar-refractivity contribution in [2.24, 2.45) is 5.92 Å². The molecule has 0 spiro atoms. The zero-order valence-electron chi connectivity index (χ0n) is 11.7. The largest absolute Gasteiger partial charge is 0.369 e. The predicted molar refractivity (Wildman–Crippen MR) is 83.2 cm³/mol. The van der Waals surface area contributed by atoms with Crippen molar-refractivity contribution < 1.29 is 8.42 Å². The molecule has 0 bridgehead atoms. The maximum atomic E-state index is 12.5. The highest BCUT2D eigenvalue weighted by molar-refractivity contribution is 9.10. The number of anilines is 1. The molecule has 1 aromatic heterocycles. The Labute approximate surface area is 128 Å². The van der Waals surface area contributed by atoms with Gasteiger partial charge in [-0.3, -0.25) is 0 Å². The molecule has 0 aliphatic heterocycles. The lowest BCUT2D eigenvalue weighted by Gasteiger charge is -2.12. The molecule has 20 heavy (non-hydrogen) atoms. The van der Waals surface area contributed by atoms with Crippen LogP contribution in [0, 0.1) is 5.92 Å². The van der Waals surface area contributed by atoms with Crippen LogP contribution in [0.3, 0.4) is 0 Å². The molecule has 1 aliphatic rings. The van der Waals surface area contributed by atoms with Crippen LogP contribution < -0.4 is 10.0 Å². The second-order valence-electron chi connectivity index (χ2n) is 5.04. The van der Waals surface area contributed by atoms with Crippen molar-refractivity contribution >= 4 is 31.8 Å². The average molecular weight is 362 g/mol. The minimum atomic E-state index is -3.53. The third-order valence-corrected chi connectivity index (χ3v) is 5.28. The van der Waals surface area contributed by atoms with Crippen LogP contribution in [0.2, 0.25) is 0 Å². The quantitative estimate of drug-likeness (QED) is 0.783. The SMILES string of the molecule is CCCC1CC1NS(=O)(=O)c1cc(Br)cnc1NCC. The average Bonchev–Trinajstić information content (AvgIpc) is 3.09. The molecule has 0 aromatic carbocycles. The van der Waals surface area contributed by atoms with Gasteiger partial charge in [0.15, 0.2) is 0 Å². The summed E-state index contributed by atoms with van der Waals surface area (Å²) < 4.78 is 28.4. The summed E-state index contributed by atoms with van der Waals surface area (Å²) in [5.41, 5.74) is 0. The van der Waals surface area contributed by atoms with Crippen LogP contribution in [-0.4, -0.2) is 26.0 Å². The number of aromatic nitrogens is 1. The molecule has 0 amide bonds. The van der Waals surface area contributed by atoms with Crippen molar-refractivity contribution in [3.8, 4) is 0 Å². The Morgan fingerprint density at radius 2 is 2.20 bits per heavy atom. The van der Waals surface area contributed by atoms with E-state index in [-0.39, 0.29) is 10.9 Å². The second-order valence-corrected chi connectivity index (χ2v) is 7.64. The minimum Gasteiger partial charge on any atom is -0.369 e. The van der Waals surface area contributed by atoms with Crippen LogP contribution in [0.25, 0.3) is 0 Å². The maximum absolute atomic E-state index is 12.5. The normalized spacial score (nSPS) is 21.8. The summed E-state index contributed by atoms with van der Waals surface area (Å²) in [5, 5.41) is 2.99. The zero-order valence-corrected chi connectivity index (χ0v) is 14.1. The van der Waals surface area contributed by atoms with Crippen LogP contribution >= 0.6 is 15.9 Å². The van der Waals surface area contributed by atoms with E-state index in [1.165, 1.54) is 0 Å². The summed E-state index contributed by atoms with van der Waals surface area (Å²) in [7, 11) is -3.53. The van der Waals surface area contributed by atoms with Gasteiger partial charge >= 0.3 is 0 Å². The maximum Gasteiger partial charge on any atom is 0.244 e. The molecule has 0 saturated heterocycles.